The Balaban J connectivity index is 2.71. The Labute approximate surface area is 97.1 Å². The lowest BCUT2D eigenvalue weighted by molar-refractivity contribution is 0.174. The van der Waals surface area contributed by atoms with Crippen molar-refractivity contribution < 1.29 is 5.11 Å². The van der Waals surface area contributed by atoms with Crippen LogP contribution in [0, 0.1) is 0 Å². The minimum atomic E-state index is -0.423. The van der Waals surface area contributed by atoms with Crippen molar-refractivity contribution in [3.05, 3.63) is 35.4 Å². The normalized spacial score (nSPS) is 14.9. The van der Waals surface area contributed by atoms with E-state index in [1.54, 1.807) is 0 Å². The summed E-state index contributed by atoms with van der Waals surface area (Å²) in [7, 11) is 0. The molecule has 2 unspecified atom stereocenters. The number of halogens is 1. The Morgan fingerprint density at radius 2 is 1.73 bits per heavy atom. The molecule has 0 saturated heterocycles. The van der Waals surface area contributed by atoms with E-state index in [0.29, 0.717) is 18.2 Å². The smallest absolute Gasteiger partial charge is 0.0801 e. The van der Waals surface area contributed by atoms with Crippen LogP contribution in [-0.2, 0) is 0 Å². The highest BCUT2D eigenvalue weighted by Gasteiger charge is 2.07. The SMILES string of the molecule is CCC(C)c1ccc(C(O)CCCl)cc1. The van der Waals surface area contributed by atoms with Gasteiger partial charge in [-0.1, -0.05) is 38.1 Å². The minimum Gasteiger partial charge on any atom is -0.388 e. The van der Waals surface area contributed by atoms with E-state index in [4.69, 9.17) is 11.6 Å². The van der Waals surface area contributed by atoms with E-state index >= 15 is 0 Å². The fourth-order valence-corrected chi connectivity index (χ4v) is 1.76. The van der Waals surface area contributed by atoms with Crippen LogP contribution >= 0.6 is 11.6 Å². The molecule has 84 valence electrons. The summed E-state index contributed by atoms with van der Waals surface area (Å²) in [5.41, 5.74) is 2.29. The van der Waals surface area contributed by atoms with Gasteiger partial charge < -0.3 is 5.11 Å². The summed E-state index contributed by atoms with van der Waals surface area (Å²) >= 11 is 5.59. The summed E-state index contributed by atoms with van der Waals surface area (Å²) in [5, 5.41) is 9.72. The van der Waals surface area contributed by atoms with E-state index in [-0.39, 0.29) is 0 Å². The highest BCUT2D eigenvalue weighted by atomic mass is 35.5. The Kier molecular flexibility index (Phi) is 5.13. The Hall–Kier alpha value is -0.530. The summed E-state index contributed by atoms with van der Waals surface area (Å²) < 4.78 is 0. The van der Waals surface area contributed by atoms with Crippen molar-refractivity contribution in [3.8, 4) is 0 Å². The van der Waals surface area contributed by atoms with Crippen LogP contribution < -0.4 is 0 Å². The molecule has 15 heavy (non-hydrogen) atoms. The van der Waals surface area contributed by atoms with Crippen LogP contribution in [0.2, 0.25) is 0 Å². The second kappa shape index (κ2) is 6.14. The van der Waals surface area contributed by atoms with E-state index < -0.39 is 6.10 Å². The standard InChI is InChI=1S/C13H19ClO/c1-3-10(2)11-4-6-12(7-5-11)13(15)8-9-14/h4-7,10,13,15H,3,8-9H2,1-2H3. The van der Waals surface area contributed by atoms with Gasteiger partial charge in [-0.15, -0.1) is 11.6 Å². The van der Waals surface area contributed by atoms with Gasteiger partial charge in [-0.3, -0.25) is 0 Å². The number of benzene rings is 1. The van der Waals surface area contributed by atoms with Gasteiger partial charge in [0.05, 0.1) is 6.10 Å². The number of alkyl halides is 1. The Bertz CT molecular complexity index is 281. The van der Waals surface area contributed by atoms with Crippen LogP contribution in [0.4, 0.5) is 0 Å². The first-order valence-electron chi connectivity index (χ1n) is 5.53. The average molecular weight is 227 g/mol. The third kappa shape index (κ3) is 3.51. The molecule has 1 N–H and O–H groups in total. The molecule has 2 heteroatoms. The maximum atomic E-state index is 9.72. The zero-order valence-electron chi connectivity index (χ0n) is 9.41. The predicted molar refractivity (Wildman–Crippen MR) is 65.4 cm³/mol. The molecule has 0 amide bonds. The van der Waals surface area contributed by atoms with Gasteiger partial charge in [0.15, 0.2) is 0 Å². The van der Waals surface area contributed by atoms with Gasteiger partial charge in [-0.25, -0.2) is 0 Å². The van der Waals surface area contributed by atoms with Crippen LogP contribution in [-0.4, -0.2) is 11.0 Å². The molecule has 0 aromatic heterocycles. The first-order valence-corrected chi connectivity index (χ1v) is 6.06. The molecule has 2 atom stereocenters. The van der Waals surface area contributed by atoms with Crippen molar-refractivity contribution in [1.82, 2.24) is 0 Å². The molecule has 0 radical (unpaired) electrons. The number of rotatable bonds is 5. The van der Waals surface area contributed by atoms with Crippen LogP contribution in [0.1, 0.15) is 49.8 Å². The maximum Gasteiger partial charge on any atom is 0.0801 e. The summed E-state index contributed by atoms with van der Waals surface area (Å²) in [6.07, 6.45) is 1.34. The second-order valence-electron chi connectivity index (χ2n) is 3.97. The average Bonchev–Trinajstić information content (AvgIpc) is 2.28. The minimum absolute atomic E-state index is 0.423. The number of aliphatic hydroxyl groups is 1. The Morgan fingerprint density at radius 3 is 2.20 bits per heavy atom. The molecule has 0 aliphatic rings. The van der Waals surface area contributed by atoms with E-state index in [0.717, 1.165) is 12.0 Å². The molecule has 0 bridgehead atoms. The monoisotopic (exact) mass is 226 g/mol. The van der Waals surface area contributed by atoms with E-state index in [9.17, 15) is 5.11 Å². The number of hydrogen-bond donors (Lipinski definition) is 1. The van der Waals surface area contributed by atoms with Crippen LogP contribution in [0.3, 0.4) is 0 Å². The number of aliphatic hydroxyl groups excluding tert-OH is 1. The van der Waals surface area contributed by atoms with E-state index in [1.165, 1.54) is 5.56 Å². The molecule has 0 aliphatic carbocycles. The van der Waals surface area contributed by atoms with Gasteiger partial charge in [-0.2, -0.15) is 0 Å². The molecular weight excluding hydrogens is 208 g/mol. The molecule has 1 aromatic rings. The van der Waals surface area contributed by atoms with Gasteiger partial charge in [-0.05, 0) is 29.9 Å². The summed E-state index contributed by atoms with van der Waals surface area (Å²) in [4.78, 5) is 0. The van der Waals surface area contributed by atoms with E-state index in [1.807, 2.05) is 12.1 Å². The van der Waals surface area contributed by atoms with Crippen molar-refractivity contribution in [3.63, 3.8) is 0 Å². The maximum absolute atomic E-state index is 9.72. The van der Waals surface area contributed by atoms with Crippen LogP contribution in [0.15, 0.2) is 24.3 Å². The van der Waals surface area contributed by atoms with Gasteiger partial charge in [0, 0.05) is 5.88 Å². The largest absolute Gasteiger partial charge is 0.388 e. The number of hydrogen-bond acceptors (Lipinski definition) is 1. The first-order chi connectivity index (χ1) is 7.19. The van der Waals surface area contributed by atoms with Gasteiger partial charge >= 0.3 is 0 Å². The molecule has 0 fully saturated rings. The molecule has 0 heterocycles. The molecular formula is C13H19ClO. The van der Waals surface area contributed by atoms with Gasteiger partial charge in [0.1, 0.15) is 0 Å². The third-order valence-corrected chi connectivity index (χ3v) is 3.10. The van der Waals surface area contributed by atoms with Crippen LogP contribution in [0.25, 0.3) is 0 Å². The summed E-state index contributed by atoms with van der Waals surface area (Å²) in [5.74, 6) is 1.08. The predicted octanol–water partition coefficient (Wildman–Crippen LogP) is 3.86. The molecule has 0 aliphatic heterocycles. The Morgan fingerprint density at radius 1 is 1.20 bits per heavy atom. The van der Waals surface area contributed by atoms with Crippen molar-refractivity contribution in [2.45, 2.75) is 38.7 Å². The van der Waals surface area contributed by atoms with Crippen molar-refractivity contribution >= 4 is 11.6 Å². The van der Waals surface area contributed by atoms with Crippen LogP contribution in [0.5, 0.6) is 0 Å². The molecule has 0 spiro atoms. The van der Waals surface area contributed by atoms with Crippen molar-refractivity contribution in [1.29, 1.82) is 0 Å². The highest BCUT2D eigenvalue weighted by Crippen LogP contribution is 2.22. The zero-order valence-corrected chi connectivity index (χ0v) is 10.2. The fraction of sp³-hybridized carbons (Fsp3) is 0.538. The lowest BCUT2D eigenvalue weighted by Gasteiger charge is -2.12. The topological polar surface area (TPSA) is 20.2 Å². The van der Waals surface area contributed by atoms with E-state index in [2.05, 4.69) is 26.0 Å². The molecule has 0 saturated carbocycles. The van der Waals surface area contributed by atoms with Crippen molar-refractivity contribution in [2.75, 3.05) is 5.88 Å². The van der Waals surface area contributed by atoms with Gasteiger partial charge in [0.2, 0.25) is 0 Å². The van der Waals surface area contributed by atoms with Crippen molar-refractivity contribution in [2.24, 2.45) is 0 Å². The first kappa shape index (κ1) is 12.5. The summed E-state index contributed by atoms with van der Waals surface area (Å²) in [6, 6.07) is 8.19. The lowest BCUT2D eigenvalue weighted by Crippen LogP contribution is -1.99. The lowest BCUT2D eigenvalue weighted by atomic mass is 9.96. The van der Waals surface area contributed by atoms with Gasteiger partial charge in [0.25, 0.3) is 0 Å². The fourth-order valence-electron chi connectivity index (χ4n) is 1.55. The highest BCUT2D eigenvalue weighted by molar-refractivity contribution is 6.17. The molecule has 1 nitrogen and oxygen atoms in total. The second-order valence-corrected chi connectivity index (χ2v) is 4.35. The quantitative estimate of drug-likeness (QED) is 0.756. The summed E-state index contributed by atoms with van der Waals surface area (Å²) in [6.45, 7) is 4.39. The zero-order chi connectivity index (χ0) is 11.3. The molecule has 1 rings (SSSR count). The molecule has 1 aromatic carbocycles. The third-order valence-electron chi connectivity index (χ3n) is 2.89.